The summed E-state index contributed by atoms with van der Waals surface area (Å²) >= 11 is 0. The van der Waals surface area contributed by atoms with Gasteiger partial charge in [0.1, 0.15) is 11.9 Å². The highest BCUT2D eigenvalue weighted by atomic mass is 32.2. The second kappa shape index (κ2) is 8.61. The third kappa shape index (κ3) is 4.72. The lowest BCUT2D eigenvalue weighted by Crippen LogP contribution is -2.50. The van der Waals surface area contributed by atoms with Crippen LogP contribution >= 0.6 is 0 Å². The Morgan fingerprint density at radius 1 is 1.00 bits per heavy atom. The van der Waals surface area contributed by atoms with E-state index in [1.165, 1.54) is 10.4 Å². The maximum absolute atomic E-state index is 14.0. The van der Waals surface area contributed by atoms with E-state index < -0.39 is 21.9 Å². The standard InChI is InChI=1S/C20H22FN3O2S/c21-19-9-5-4-8-18(19)20(16-22)23-11-13-24(14-12-23)27(25,26)15-10-17-6-2-1-3-7-17/h1-9,20H,10-15H2. The highest BCUT2D eigenvalue weighted by Gasteiger charge is 2.31. The number of halogens is 1. The van der Waals surface area contributed by atoms with E-state index in [1.54, 1.807) is 18.2 Å². The molecule has 1 fully saturated rings. The summed E-state index contributed by atoms with van der Waals surface area (Å²) < 4.78 is 40.7. The van der Waals surface area contributed by atoms with Gasteiger partial charge in [-0.3, -0.25) is 4.90 Å². The zero-order valence-electron chi connectivity index (χ0n) is 15.0. The van der Waals surface area contributed by atoms with Crippen LogP contribution in [0.1, 0.15) is 17.2 Å². The van der Waals surface area contributed by atoms with Crippen molar-refractivity contribution in [1.82, 2.24) is 9.21 Å². The van der Waals surface area contributed by atoms with Gasteiger partial charge in [-0.05, 0) is 18.1 Å². The van der Waals surface area contributed by atoms with Crippen molar-refractivity contribution in [2.45, 2.75) is 12.5 Å². The van der Waals surface area contributed by atoms with Crippen LogP contribution in [0.3, 0.4) is 0 Å². The van der Waals surface area contributed by atoms with E-state index in [2.05, 4.69) is 6.07 Å². The minimum atomic E-state index is -3.36. The van der Waals surface area contributed by atoms with Crippen LogP contribution in [0.5, 0.6) is 0 Å². The normalized spacial score (nSPS) is 17.3. The molecule has 27 heavy (non-hydrogen) atoms. The Kier molecular flexibility index (Phi) is 6.22. The fraction of sp³-hybridized carbons (Fsp3) is 0.350. The van der Waals surface area contributed by atoms with Crippen LogP contribution in [0.2, 0.25) is 0 Å². The van der Waals surface area contributed by atoms with E-state index in [0.717, 1.165) is 5.56 Å². The Morgan fingerprint density at radius 3 is 2.26 bits per heavy atom. The summed E-state index contributed by atoms with van der Waals surface area (Å²) in [6, 6.07) is 17.2. The molecule has 0 N–H and O–H groups in total. The molecule has 2 aromatic rings. The van der Waals surface area contributed by atoms with E-state index in [4.69, 9.17) is 0 Å². The molecule has 5 nitrogen and oxygen atoms in total. The lowest BCUT2D eigenvalue weighted by molar-refractivity contribution is 0.160. The molecule has 1 aliphatic heterocycles. The molecule has 142 valence electrons. The smallest absolute Gasteiger partial charge is 0.214 e. The van der Waals surface area contributed by atoms with Crippen LogP contribution in [0.4, 0.5) is 4.39 Å². The number of benzene rings is 2. The molecule has 0 radical (unpaired) electrons. The van der Waals surface area contributed by atoms with Gasteiger partial charge in [0.25, 0.3) is 0 Å². The second-order valence-electron chi connectivity index (χ2n) is 6.54. The van der Waals surface area contributed by atoms with Gasteiger partial charge in [-0.15, -0.1) is 0 Å². The van der Waals surface area contributed by atoms with Crippen LogP contribution in [0.15, 0.2) is 54.6 Å². The van der Waals surface area contributed by atoms with Gasteiger partial charge in [0.15, 0.2) is 0 Å². The predicted molar refractivity (Wildman–Crippen MR) is 102 cm³/mol. The first-order chi connectivity index (χ1) is 13.0. The van der Waals surface area contributed by atoms with E-state index in [9.17, 15) is 18.1 Å². The molecule has 7 heteroatoms. The van der Waals surface area contributed by atoms with Crippen molar-refractivity contribution < 1.29 is 12.8 Å². The summed E-state index contributed by atoms with van der Waals surface area (Å²) in [5, 5.41) is 9.50. The van der Waals surface area contributed by atoms with Crippen molar-refractivity contribution in [3.8, 4) is 6.07 Å². The number of hydrogen-bond acceptors (Lipinski definition) is 4. The molecule has 1 aliphatic rings. The van der Waals surface area contributed by atoms with Crippen molar-refractivity contribution in [2.24, 2.45) is 0 Å². The van der Waals surface area contributed by atoms with E-state index in [1.807, 2.05) is 35.2 Å². The zero-order chi connectivity index (χ0) is 19.3. The fourth-order valence-electron chi connectivity index (χ4n) is 3.31. The van der Waals surface area contributed by atoms with E-state index in [0.29, 0.717) is 38.2 Å². The average molecular weight is 387 g/mol. The minimum absolute atomic E-state index is 0.0615. The molecule has 1 saturated heterocycles. The summed E-state index contributed by atoms with van der Waals surface area (Å²) in [6.07, 6.45) is 0.472. The molecule has 3 rings (SSSR count). The molecule has 0 saturated carbocycles. The number of sulfonamides is 1. The predicted octanol–water partition coefficient (Wildman–Crippen LogP) is 2.58. The van der Waals surface area contributed by atoms with Crippen LogP contribution in [-0.2, 0) is 16.4 Å². The van der Waals surface area contributed by atoms with Crippen molar-refractivity contribution in [3.05, 3.63) is 71.5 Å². The molecular formula is C20H22FN3O2S. The molecule has 0 aliphatic carbocycles. The van der Waals surface area contributed by atoms with Gasteiger partial charge in [-0.1, -0.05) is 48.5 Å². The first kappa shape index (κ1) is 19.5. The summed E-state index contributed by atoms with van der Waals surface area (Å²) in [5.41, 5.74) is 1.32. The Labute approximate surface area is 159 Å². The molecule has 0 aromatic heterocycles. The average Bonchev–Trinajstić information content (AvgIpc) is 2.70. The van der Waals surface area contributed by atoms with Crippen LogP contribution in [0.25, 0.3) is 0 Å². The number of nitrogens with zero attached hydrogens (tertiary/aromatic N) is 3. The summed E-state index contributed by atoms with van der Waals surface area (Å²) in [4.78, 5) is 1.83. The van der Waals surface area contributed by atoms with Gasteiger partial charge in [0, 0.05) is 31.7 Å². The fourth-order valence-corrected chi connectivity index (χ4v) is 4.78. The first-order valence-electron chi connectivity index (χ1n) is 8.91. The Hall–Kier alpha value is -2.27. The van der Waals surface area contributed by atoms with Crippen LogP contribution in [-0.4, -0.2) is 49.6 Å². The number of hydrogen-bond donors (Lipinski definition) is 0. The van der Waals surface area contributed by atoms with Gasteiger partial charge >= 0.3 is 0 Å². The number of rotatable bonds is 6. The van der Waals surface area contributed by atoms with Gasteiger partial charge in [0.2, 0.25) is 10.0 Å². The first-order valence-corrected chi connectivity index (χ1v) is 10.5. The maximum Gasteiger partial charge on any atom is 0.214 e. The second-order valence-corrected chi connectivity index (χ2v) is 8.63. The topological polar surface area (TPSA) is 64.4 Å². The molecule has 1 unspecified atom stereocenters. The highest BCUT2D eigenvalue weighted by Crippen LogP contribution is 2.24. The number of piperazine rings is 1. The molecule has 1 heterocycles. The molecule has 2 aromatic carbocycles. The lowest BCUT2D eigenvalue weighted by Gasteiger charge is -2.36. The minimum Gasteiger partial charge on any atom is -0.282 e. The summed E-state index contributed by atoms with van der Waals surface area (Å²) in [7, 11) is -3.36. The van der Waals surface area contributed by atoms with Gasteiger partial charge in [-0.25, -0.2) is 12.8 Å². The number of aryl methyl sites for hydroxylation is 1. The van der Waals surface area contributed by atoms with E-state index >= 15 is 0 Å². The quantitative estimate of drug-likeness (QED) is 0.764. The Balaban J connectivity index is 1.61. The van der Waals surface area contributed by atoms with Crippen molar-refractivity contribution in [1.29, 1.82) is 5.26 Å². The third-order valence-electron chi connectivity index (χ3n) is 4.85. The Bertz CT molecular complexity index is 904. The lowest BCUT2D eigenvalue weighted by atomic mass is 10.1. The largest absolute Gasteiger partial charge is 0.282 e. The Morgan fingerprint density at radius 2 is 1.63 bits per heavy atom. The SMILES string of the molecule is N#CC(c1ccccc1F)N1CCN(S(=O)(=O)CCc2ccccc2)CC1. The molecule has 0 amide bonds. The third-order valence-corrected chi connectivity index (χ3v) is 6.72. The van der Waals surface area contributed by atoms with Crippen molar-refractivity contribution >= 4 is 10.0 Å². The molecule has 0 spiro atoms. The van der Waals surface area contributed by atoms with Crippen LogP contribution < -0.4 is 0 Å². The van der Waals surface area contributed by atoms with Gasteiger partial charge in [0.05, 0.1) is 11.8 Å². The van der Waals surface area contributed by atoms with Gasteiger partial charge in [-0.2, -0.15) is 9.57 Å². The number of nitriles is 1. The monoisotopic (exact) mass is 387 g/mol. The van der Waals surface area contributed by atoms with Gasteiger partial charge < -0.3 is 0 Å². The zero-order valence-corrected chi connectivity index (χ0v) is 15.8. The summed E-state index contributed by atoms with van der Waals surface area (Å²) in [6.45, 7) is 1.42. The summed E-state index contributed by atoms with van der Waals surface area (Å²) in [5.74, 6) is -0.353. The van der Waals surface area contributed by atoms with Crippen molar-refractivity contribution in [2.75, 3.05) is 31.9 Å². The molecule has 1 atom stereocenters. The highest BCUT2D eigenvalue weighted by molar-refractivity contribution is 7.89. The van der Waals surface area contributed by atoms with E-state index in [-0.39, 0.29) is 5.75 Å². The van der Waals surface area contributed by atoms with Crippen molar-refractivity contribution in [3.63, 3.8) is 0 Å². The molecular weight excluding hydrogens is 365 g/mol. The molecule has 0 bridgehead atoms. The maximum atomic E-state index is 14.0. The van der Waals surface area contributed by atoms with Crippen LogP contribution in [0, 0.1) is 17.1 Å².